The molecule has 1 aromatic heterocycles. The molecule has 1 saturated heterocycles. The Kier molecular flexibility index (Phi) is 3.78. The molecule has 2 rings (SSSR count). The van der Waals surface area contributed by atoms with Gasteiger partial charge in [0.1, 0.15) is 11.7 Å². The Morgan fingerprint density at radius 2 is 2.16 bits per heavy atom. The molecule has 19 heavy (non-hydrogen) atoms. The molecule has 0 radical (unpaired) electrons. The van der Waals surface area contributed by atoms with Crippen LogP contribution >= 0.6 is 0 Å². The number of nitrogens with one attached hydrogen (secondary N) is 1. The van der Waals surface area contributed by atoms with Gasteiger partial charge < -0.3 is 10.6 Å². The minimum Gasteiger partial charge on any atom is -0.384 e. The molecule has 1 aliphatic heterocycles. The van der Waals surface area contributed by atoms with Gasteiger partial charge in [0.2, 0.25) is 0 Å². The molecule has 1 aliphatic rings. The molecule has 0 aromatic carbocycles. The Morgan fingerprint density at radius 1 is 1.47 bits per heavy atom. The summed E-state index contributed by atoms with van der Waals surface area (Å²) >= 11 is 0. The molecule has 2 unspecified atom stereocenters. The van der Waals surface area contributed by atoms with Crippen LogP contribution in [0.2, 0.25) is 0 Å². The molecule has 4 nitrogen and oxygen atoms in total. The van der Waals surface area contributed by atoms with Crippen LogP contribution in [0.1, 0.15) is 49.9 Å². The number of nitrogens with zero attached hydrogens (tertiary/aromatic N) is 2. The highest BCUT2D eigenvalue weighted by Gasteiger charge is 2.32. The number of hydrogen-bond donors (Lipinski definition) is 2. The first kappa shape index (κ1) is 13.8. The maximum absolute atomic E-state index is 7.85. The van der Waals surface area contributed by atoms with E-state index >= 15 is 0 Å². The highest BCUT2D eigenvalue weighted by molar-refractivity contribution is 6.01. The van der Waals surface area contributed by atoms with Crippen molar-refractivity contribution in [3.05, 3.63) is 22.9 Å². The lowest BCUT2D eigenvalue weighted by Crippen LogP contribution is -2.37. The van der Waals surface area contributed by atoms with Gasteiger partial charge in [0.05, 0.1) is 5.56 Å². The minimum absolute atomic E-state index is 0.119. The molecule has 3 N–H and O–H groups in total. The summed E-state index contributed by atoms with van der Waals surface area (Å²) < 4.78 is 0. The van der Waals surface area contributed by atoms with E-state index in [0.717, 1.165) is 29.1 Å². The van der Waals surface area contributed by atoms with Crippen LogP contribution in [0.4, 0.5) is 5.82 Å². The van der Waals surface area contributed by atoms with Gasteiger partial charge in [-0.1, -0.05) is 6.92 Å². The first-order valence-electron chi connectivity index (χ1n) is 7.06. The van der Waals surface area contributed by atoms with Gasteiger partial charge in [0.25, 0.3) is 0 Å². The molecule has 0 saturated carbocycles. The largest absolute Gasteiger partial charge is 0.384 e. The van der Waals surface area contributed by atoms with Crippen molar-refractivity contribution in [1.29, 1.82) is 5.41 Å². The van der Waals surface area contributed by atoms with Crippen LogP contribution < -0.4 is 10.6 Å². The molecule has 2 heterocycles. The fraction of sp³-hybridized carbons (Fsp3) is 0.600. The average molecular weight is 260 g/mol. The van der Waals surface area contributed by atoms with E-state index in [2.05, 4.69) is 18.7 Å². The SMILES string of the molecule is CCC1CCC(C)N1c1nc(C)cc(C)c1C(=N)N. The van der Waals surface area contributed by atoms with E-state index < -0.39 is 0 Å². The first-order chi connectivity index (χ1) is 8.95. The van der Waals surface area contributed by atoms with E-state index in [9.17, 15) is 0 Å². The second kappa shape index (κ2) is 5.19. The van der Waals surface area contributed by atoms with Gasteiger partial charge in [0, 0.05) is 17.8 Å². The Labute approximate surface area is 115 Å². The molecular weight excluding hydrogens is 236 g/mol. The van der Waals surface area contributed by atoms with Gasteiger partial charge in [-0.25, -0.2) is 4.98 Å². The Balaban J connectivity index is 2.57. The molecule has 0 spiro atoms. The third kappa shape index (κ3) is 2.44. The predicted molar refractivity (Wildman–Crippen MR) is 80.0 cm³/mol. The normalized spacial score (nSPS) is 22.8. The number of aromatic nitrogens is 1. The maximum Gasteiger partial charge on any atom is 0.140 e. The van der Waals surface area contributed by atoms with Gasteiger partial charge in [-0.3, -0.25) is 5.41 Å². The Morgan fingerprint density at radius 3 is 2.74 bits per heavy atom. The summed E-state index contributed by atoms with van der Waals surface area (Å²) in [5.74, 6) is 1.02. The summed E-state index contributed by atoms with van der Waals surface area (Å²) in [5, 5.41) is 7.85. The zero-order valence-corrected chi connectivity index (χ0v) is 12.3. The zero-order chi connectivity index (χ0) is 14.2. The number of nitrogen functional groups attached to an aromatic ring is 1. The van der Waals surface area contributed by atoms with E-state index in [-0.39, 0.29) is 5.84 Å². The molecular formula is C15H24N4. The van der Waals surface area contributed by atoms with Gasteiger partial charge >= 0.3 is 0 Å². The minimum atomic E-state index is 0.119. The van der Waals surface area contributed by atoms with Crippen molar-refractivity contribution < 1.29 is 0 Å². The maximum atomic E-state index is 7.85. The van der Waals surface area contributed by atoms with Crippen LogP contribution in [0.5, 0.6) is 0 Å². The van der Waals surface area contributed by atoms with Crippen molar-refractivity contribution >= 4 is 11.7 Å². The summed E-state index contributed by atoms with van der Waals surface area (Å²) in [6, 6.07) is 2.99. The first-order valence-corrected chi connectivity index (χ1v) is 7.06. The predicted octanol–water partition coefficient (Wildman–Crippen LogP) is 2.75. The average Bonchev–Trinajstić information content (AvgIpc) is 2.68. The van der Waals surface area contributed by atoms with Crippen molar-refractivity contribution in [3.63, 3.8) is 0 Å². The Bertz CT molecular complexity index is 495. The van der Waals surface area contributed by atoms with Crippen molar-refractivity contribution in [2.75, 3.05) is 4.90 Å². The third-order valence-electron chi connectivity index (χ3n) is 4.10. The smallest absolute Gasteiger partial charge is 0.140 e. The van der Waals surface area contributed by atoms with E-state index in [4.69, 9.17) is 16.1 Å². The molecule has 1 aromatic rings. The lowest BCUT2D eigenvalue weighted by Gasteiger charge is -2.31. The second-order valence-electron chi connectivity index (χ2n) is 5.59. The topological polar surface area (TPSA) is 66.0 Å². The number of amidine groups is 1. The second-order valence-corrected chi connectivity index (χ2v) is 5.59. The summed E-state index contributed by atoms with van der Waals surface area (Å²) in [7, 11) is 0. The lowest BCUT2D eigenvalue weighted by molar-refractivity contribution is 0.619. The van der Waals surface area contributed by atoms with Crippen molar-refractivity contribution in [2.24, 2.45) is 5.73 Å². The van der Waals surface area contributed by atoms with Crippen LogP contribution in [0.15, 0.2) is 6.07 Å². The monoisotopic (exact) mass is 260 g/mol. The van der Waals surface area contributed by atoms with E-state index in [1.54, 1.807) is 0 Å². The molecule has 0 amide bonds. The van der Waals surface area contributed by atoms with Gasteiger partial charge in [-0.15, -0.1) is 0 Å². The lowest BCUT2D eigenvalue weighted by atomic mass is 10.1. The fourth-order valence-electron chi connectivity index (χ4n) is 3.19. The van der Waals surface area contributed by atoms with Gasteiger partial charge in [-0.05, 0) is 51.7 Å². The zero-order valence-electron chi connectivity index (χ0n) is 12.3. The third-order valence-corrected chi connectivity index (χ3v) is 4.10. The van der Waals surface area contributed by atoms with Crippen LogP contribution in [-0.4, -0.2) is 22.9 Å². The van der Waals surface area contributed by atoms with Crippen molar-refractivity contribution in [1.82, 2.24) is 4.98 Å². The number of rotatable bonds is 3. The molecule has 1 fully saturated rings. The summed E-state index contributed by atoms with van der Waals surface area (Å²) in [6.07, 6.45) is 3.49. The number of anilines is 1. The fourth-order valence-corrected chi connectivity index (χ4v) is 3.19. The van der Waals surface area contributed by atoms with Crippen LogP contribution in [0.25, 0.3) is 0 Å². The van der Waals surface area contributed by atoms with Gasteiger partial charge in [0.15, 0.2) is 0 Å². The highest BCUT2D eigenvalue weighted by atomic mass is 15.3. The summed E-state index contributed by atoms with van der Waals surface area (Å²) in [4.78, 5) is 7.06. The molecule has 0 aliphatic carbocycles. The van der Waals surface area contributed by atoms with Crippen molar-refractivity contribution in [3.8, 4) is 0 Å². The number of aryl methyl sites for hydroxylation is 2. The summed E-state index contributed by atoms with van der Waals surface area (Å²) in [6.45, 7) is 8.46. The quantitative estimate of drug-likeness (QED) is 0.648. The molecule has 4 heteroatoms. The standard InChI is InChI=1S/C15H24N4/c1-5-12-7-6-11(4)19(12)15-13(14(16)17)9(2)8-10(3)18-15/h8,11-12H,5-7H2,1-4H3,(H3,16,17). The van der Waals surface area contributed by atoms with E-state index in [1.807, 2.05) is 19.9 Å². The van der Waals surface area contributed by atoms with Crippen LogP contribution in [-0.2, 0) is 0 Å². The van der Waals surface area contributed by atoms with Gasteiger partial charge in [-0.2, -0.15) is 0 Å². The molecule has 104 valence electrons. The van der Waals surface area contributed by atoms with Crippen LogP contribution in [0, 0.1) is 19.3 Å². The highest BCUT2D eigenvalue weighted by Crippen LogP contribution is 2.34. The Hall–Kier alpha value is -1.58. The number of pyridine rings is 1. The number of nitrogens with two attached hydrogens (primary N) is 1. The van der Waals surface area contributed by atoms with E-state index in [1.165, 1.54) is 12.8 Å². The van der Waals surface area contributed by atoms with Crippen molar-refractivity contribution in [2.45, 2.75) is 59.0 Å². The molecule has 2 atom stereocenters. The summed E-state index contributed by atoms with van der Waals surface area (Å²) in [5.41, 5.74) is 8.62. The van der Waals surface area contributed by atoms with E-state index in [0.29, 0.717) is 12.1 Å². The molecule has 0 bridgehead atoms. The number of hydrogen-bond acceptors (Lipinski definition) is 3. The van der Waals surface area contributed by atoms with Crippen LogP contribution in [0.3, 0.4) is 0 Å².